The highest BCUT2D eigenvalue weighted by molar-refractivity contribution is 5.87. The highest BCUT2D eigenvalue weighted by atomic mass is 16.5. The van der Waals surface area contributed by atoms with Crippen LogP contribution in [0, 0.1) is 10.8 Å². The van der Waals surface area contributed by atoms with Crippen LogP contribution in [0.15, 0.2) is 25.3 Å². The van der Waals surface area contributed by atoms with Gasteiger partial charge in [0.25, 0.3) is 0 Å². The number of amides is 2. The second kappa shape index (κ2) is 8.36. The van der Waals surface area contributed by atoms with Crippen LogP contribution in [0.1, 0.15) is 27.7 Å². The predicted molar refractivity (Wildman–Crippen MR) is 84.9 cm³/mol. The summed E-state index contributed by atoms with van der Waals surface area (Å²) >= 11 is 0. The summed E-state index contributed by atoms with van der Waals surface area (Å²) in [4.78, 5) is 34.4. The molecule has 0 aromatic heterocycles. The Bertz CT molecular complexity index is 453. The van der Waals surface area contributed by atoms with Crippen molar-refractivity contribution in [2.45, 2.75) is 27.7 Å². The summed E-state index contributed by atoms with van der Waals surface area (Å²) in [5.74, 6) is -1.03. The molecule has 124 valence electrons. The number of carbonyl (C=O) groups is 3. The molecule has 0 atom stereocenters. The van der Waals surface area contributed by atoms with Gasteiger partial charge in [-0.2, -0.15) is 0 Å². The van der Waals surface area contributed by atoms with Crippen molar-refractivity contribution in [1.29, 1.82) is 0 Å². The van der Waals surface area contributed by atoms with Gasteiger partial charge in [0, 0.05) is 18.5 Å². The lowest BCUT2D eigenvalue weighted by Crippen LogP contribution is -2.42. The Labute approximate surface area is 132 Å². The molecule has 22 heavy (non-hydrogen) atoms. The number of carbonyl (C=O) groups excluding carboxylic acids is 3. The fourth-order valence-corrected chi connectivity index (χ4v) is 1.36. The monoisotopic (exact) mass is 310 g/mol. The van der Waals surface area contributed by atoms with Crippen LogP contribution in [0.4, 0.5) is 0 Å². The summed E-state index contributed by atoms with van der Waals surface area (Å²) in [5, 5.41) is 5.24. The van der Waals surface area contributed by atoms with E-state index in [0.717, 1.165) is 6.08 Å². The molecule has 0 saturated carbocycles. The molecular formula is C16H26N2O4. The number of ether oxygens (including phenoxy) is 1. The molecule has 0 radical (unpaired) electrons. The van der Waals surface area contributed by atoms with Crippen LogP contribution in [-0.2, 0) is 19.1 Å². The molecule has 6 nitrogen and oxygen atoms in total. The molecule has 0 aromatic rings. The second-order valence-electron chi connectivity index (χ2n) is 6.47. The van der Waals surface area contributed by atoms with Gasteiger partial charge in [-0.3, -0.25) is 14.4 Å². The summed E-state index contributed by atoms with van der Waals surface area (Å²) in [6.45, 7) is 14.5. The summed E-state index contributed by atoms with van der Waals surface area (Å²) in [6.07, 6.45) is 2.33. The van der Waals surface area contributed by atoms with Gasteiger partial charge in [0.1, 0.15) is 0 Å². The third kappa shape index (κ3) is 7.61. The maximum absolute atomic E-state index is 12.1. The molecule has 2 N–H and O–H groups in total. The van der Waals surface area contributed by atoms with Crippen molar-refractivity contribution in [2.75, 3.05) is 19.7 Å². The van der Waals surface area contributed by atoms with E-state index in [2.05, 4.69) is 23.8 Å². The fourth-order valence-electron chi connectivity index (χ4n) is 1.36. The van der Waals surface area contributed by atoms with Crippen molar-refractivity contribution in [1.82, 2.24) is 10.6 Å². The second-order valence-corrected chi connectivity index (χ2v) is 6.47. The Morgan fingerprint density at radius 1 is 0.955 bits per heavy atom. The Balaban J connectivity index is 4.39. The summed E-state index contributed by atoms with van der Waals surface area (Å²) in [6, 6.07) is 0. The van der Waals surface area contributed by atoms with Crippen molar-refractivity contribution < 1.29 is 19.1 Å². The minimum absolute atomic E-state index is 0.155. The lowest BCUT2D eigenvalue weighted by atomic mass is 9.92. The van der Waals surface area contributed by atoms with Crippen molar-refractivity contribution in [3.63, 3.8) is 0 Å². The Morgan fingerprint density at radius 3 is 1.86 bits per heavy atom. The van der Waals surface area contributed by atoms with E-state index in [4.69, 9.17) is 4.74 Å². The van der Waals surface area contributed by atoms with E-state index < -0.39 is 16.8 Å². The number of rotatable bonds is 9. The molecule has 0 aliphatic carbocycles. The van der Waals surface area contributed by atoms with Crippen molar-refractivity contribution >= 4 is 17.8 Å². The van der Waals surface area contributed by atoms with Gasteiger partial charge in [0.05, 0.1) is 12.0 Å². The first kappa shape index (κ1) is 19.9. The van der Waals surface area contributed by atoms with E-state index in [1.165, 1.54) is 6.08 Å². The topological polar surface area (TPSA) is 84.5 Å². The van der Waals surface area contributed by atoms with Crippen LogP contribution in [-0.4, -0.2) is 37.5 Å². The molecule has 0 heterocycles. The molecule has 0 fully saturated rings. The standard InChI is InChI=1S/C16H26N2O4/c1-7-12(19)17-9-15(3,4)11-22-14(21)16(5,6)10-18-13(20)8-2/h7-8H,1-2,9-11H2,3-6H3,(H,17,19)(H,18,20). The Morgan fingerprint density at radius 2 is 1.41 bits per heavy atom. The normalized spacial score (nSPS) is 11.3. The first-order chi connectivity index (χ1) is 10.0. The highest BCUT2D eigenvalue weighted by Gasteiger charge is 2.31. The largest absolute Gasteiger partial charge is 0.465 e. The van der Waals surface area contributed by atoms with Gasteiger partial charge in [-0.25, -0.2) is 0 Å². The van der Waals surface area contributed by atoms with Gasteiger partial charge in [0.2, 0.25) is 11.8 Å². The van der Waals surface area contributed by atoms with E-state index in [1.807, 2.05) is 13.8 Å². The third-order valence-corrected chi connectivity index (χ3v) is 2.96. The zero-order chi connectivity index (χ0) is 17.4. The van der Waals surface area contributed by atoms with Crippen LogP contribution in [0.2, 0.25) is 0 Å². The van der Waals surface area contributed by atoms with Crippen LogP contribution in [0.5, 0.6) is 0 Å². The van der Waals surface area contributed by atoms with Crippen LogP contribution >= 0.6 is 0 Å². The Hall–Kier alpha value is -2.11. The van der Waals surface area contributed by atoms with Crippen molar-refractivity contribution in [3.05, 3.63) is 25.3 Å². The van der Waals surface area contributed by atoms with E-state index >= 15 is 0 Å². The van der Waals surface area contributed by atoms with Crippen LogP contribution in [0.25, 0.3) is 0 Å². The molecule has 0 saturated heterocycles. The first-order valence-electron chi connectivity index (χ1n) is 7.02. The molecular weight excluding hydrogens is 284 g/mol. The zero-order valence-electron chi connectivity index (χ0n) is 13.8. The van der Waals surface area contributed by atoms with Crippen LogP contribution in [0.3, 0.4) is 0 Å². The van der Waals surface area contributed by atoms with Gasteiger partial charge >= 0.3 is 5.97 Å². The fraction of sp³-hybridized carbons (Fsp3) is 0.562. The van der Waals surface area contributed by atoms with E-state index in [0.29, 0.717) is 6.54 Å². The molecule has 6 heteroatoms. The highest BCUT2D eigenvalue weighted by Crippen LogP contribution is 2.20. The zero-order valence-corrected chi connectivity index (χ0v) is 13.8. The number of esters is 1. The molecule has 0 aromatic carbocycles. The maximum Gasteiger partial charge on any atom is 0.313 e. The lowest BCUT2D eigenvalue weighted by molar-refractivity contribution is -0.156. The molecule has 0 spiro atoms. The van der Waals surface area contributed by atoms with Crippen LogP contribution < -0.4 is 10.6 Å². The maximum atomic E-state index is 12.1. The molecule has 0 unspecified atom stereocenters. The summed E-state index contributed by atoms with van der Waals surface area (Å²) in [5.41, 5.74) is -1.26. The predicted octanol–water partition coefficient (Wildman–Crippen LogP) is 1.19. The minimum atomic E-state index is -0.848. The van der Waals surface area contributed by atoms with Gasteiger partial charge in [0.15, 0.2) is 0 Å². The lowest BCUT2D eigenvalue weighted by Gasteiger charge is -2.28. The summed E-state index contributed by atoms with van der Waals surface area (Å²) in [7, 11) is 0. The number of nitrogens with one attached hydrogen (secondary N) is 2. The molecule has 0 rings (SSSR count). The third-order valence-electron chi connectivity index (χ3n) is 2.96. The Kier molecular flexibility index (Phi) is 7.56. The van der Waals surface area contributed by atoms with Gasteiger partial charge in [-0.05, 0) is 26.0 Å². The van der Waals surface area contributed by atoms with Gasteiger partial charge in [-0.1, -0.05) is 27.0 Å². The summed E-state index contributed by atoms with van der Waals surface area (Å²) < 4.78 is 5.31. The molecule has 0 aliphatic heterocycles. The smallest absolute Gasteiger partial charge is 0.313 e. The van der Waals surface area contributed by atoms with E-state index in [-0.39, 0.29) is 25.0 Å². The molecule has 0 bridgehead atoms. The minimum Gasteiger partial charge on any atom is -0.465 e. The molecule has 0 aliphatic rings. The SMILES string of the molecule is C=CC(=O)NCC(C)(C)COC(=O)C(C)(C)CNC(=O)C=C. The van der Waals surface area contributed by atoms with Gasteiger partial charge in [-0.15, -0.1) is 0 Å². The molecule has 2 amide bonds. The van der Waals surface area contributed by atoms with Gasteiger partial charge < -0.3 is 15.4 Å². The van der Waals surface area contributed by atoms with E-state index in [1.54, 1.807) is 13.8 Å². The average molecular weight is 310 g/mol. The number of hydrogen-bond acceptors (Lipinski definition) is 4. The quantitative estimate of drug-likeness (QED) is 0.495. The van der Waals surface area contributed by atoms with E-state index in [9.17, 15) is 14.4 Å². The van der Waals surface area contributed by atoms with Crippen molar-refractivity contribution in [2.24, 2.45) is 10.8 Å². The van der Waals surface area contributed by atoms with Crippen molar-refractivity contribution in [3.8, 4) is 0 Å². The average Bonchev–Trinajstić information content (AvgIpc) is 2.47. The first-order valence-corrected chi connectivity index (χ1v) is 7.02. The number of hydrogen-bond donors (Lipinski definition) is 2.